The normalized spacial score (nSPS) is 21.5. The maximum atomic E-state index is 3.94. The molecule has 2 nitrogen and oxygen atoms in total. The molecule has 0 N–H and O–H groups in total. The van der Waals surface area contributed by atoms with E-state index in [0.717, 1.165) is 13.1 Å². The third-order valence-corrected chi connectivity index (χ3v) is 2.54. The second-order valence-corrected chi connectivity index (χ2v) is 3.67. The van der Waals surface area contributed by atoms with Crippen LogP contribution in [0, 0.1) is 7.05 Å². The molecular weight excluding hydrogens is 148 g/mol. The smallest absolute Gasteiger partial charge is 0.0110 e. The van der Waals surface area contributed by atoms with Crippen molar-refractivity contribution in [1.82, 2.24) is 9.80 Å². The predicted molar refractivity (Wildman–Crippen MR) is 52.9 cm³/mol. The Labute approximate surface area is 76.5 Å². The van der Waals surface area contributed by atoms with E-state index in [1.165, 1.54) is 38.9 Å². The molecule has 0 aromatic heterocycles. The van der Waals surface area contributed by atoms with Gasteiger partial charge in [-0.3, -0.25) is 4.90 Å². The average Bonchev–Trinajstić information content (AvgIpc) is 2.09. The molecule has 1 aliphatic heterocycles. The van der Waals surface area contributed by atoms with E-state index in [1.807, 2.05) is 0 Å². The minimum Gasteiger partial charge on any atom is -0.301 e. The highest BCUT2D eigenvalue weighted by atomic mass is 15.2. The van der Waals surface area contributed by atoms with Crippen LogP contribution in [-0.2, 0) is 0 Å². The van der Waals surface area contributed by atoms with Crippen LogP contribution in [0.25, 0.3) is 0 Å². The molecule has 0 saturated carbocycles. The van der Waals surface area contributed by atoms with E-state index in [0.29, 0.717) is 0 Å². The molecule has 1 fully saturated rings. The highest BCUT2D eigenvalue weighted by Gasteiger charge is 2.12. The minimum atomic E-state index is 1.14. The van der Waals surface area contributed by atoms with E-state index in [2.05, 4.69) is 23.8 Å². The number of piperazine rings is 1. The lowest BCUT2D eigenvalue weighted by atomic mass is 10.2. The molecule has 1 aliphatic rings. The van der Waals surface area contributed by atoms with Gasteiger partial charge in [0.05, 0.1) is 0 Å². The Morgan fingerprint density at radius 3 is 2.33 bits per heavy atom. The van der Waals surface area contributed by atoms with Crippen molar-refractivity contribution in [3.8, 4) is 0 Å². The highest BCUT2D eigenvalue weighted by molar-refractivity contribution is 4.70. The van der Waals surface area contributed by atoms with Gasteiger partial charge in [0, 0.05) is 33.2 Å². The summed E-state index contributed by atoms with van der Waals surface area (Å²) in [6, 6.07) is 0. The molecule has 0 aromatic rings. The number of unbranched alkanes of at least 4 members (excludes halogenated alkanes) is 2. The summed E-state index contributed by atoms with van der Waals surface area (Å²) in [5.41, 5.74) is 0. The van der Waals surface area contributed by atoms with Crippen molar-refractivity contribution in [2.24, 2.45) is 0 Å². The molecule has 0 unspecified atom stereocenters. The first-order valence-electron chi connectivity index (χ1n) is 5.10. The third kappa shape index (κ3) is 3.55. The summed E-state index contributed by atoms with van der Waals surface area (Å²) in [5.74, 6) is 0. The fourth-order valence-corrected chi connectivity index (χ4v) is 1.60. The van der Waals surface area contributed by atoms with E-state index in [1.54, 1.807) is 0 Å². The van der Waals surface area contributed by atoms with Crippen LogP contribution >= 0.6 is 0 Å². The number of hydrogen-bond donors (Lipinski definition) is 0. The first-order chi connectivity index (χ1) is 5.83. The molecule has 1 rings (SSSR count). The summed E-state index contributed by atoms with van der Waals surface area (Å²) in [6.45, 7) is 8.27. The summed E-state index contributed by atoms with van der Waals surface area (Å²) >= 11 is 0. The topological polar surface area (TPSA) is 6.48 Å². The monoisotopic (exact) mass is 169 g/mol. The van der Waals surface area contributed by atoms with Gasteiger partial charge in [0.15, 0.2) is 0 Å². The predicted octanol–water partition coefficient (Wildman–Crippen LogP) is 1.59. The molecule has 12 heavy (non-hydrogen) atoms. The highest BCUT2D eigenvalue weighted by Crippen LogP contribution is 2.02. The number of rotatable bonds is 4. The van der Waals surface area contributed by atoms with Gasteiger partial charge >= 0.3 is 0 Å². The quantitative estimate of drug-likeness (QED) is 0.590. The van der Waals surface area contributed by atoms with Crippen LogP contribution in [0.15, 0.2) is 0 Å². The zero-order valence-corrected chi connectivity index (χ0v) is 8.26. The van der Waals surface area contributed by atoms with Gasteiger partial charge in [0.2, 0.25) is 0 Å². The van der Waals surface area contributed by atoms with Crippen LogP contribution in [0.3, 0.4) is 0 Å². The first kappa shape index (κ1) is 10.0. The summed E-state index contributed by atoms with van der Waals surface area (Å²) in [6.07, 6.45) is 4.08. The molecule has 1 heterocycles. The number of hydrogen-bond acceptors (Lipinski definition) is 2. The molecule has 0 bridgehead atoms. The van der Waals surface area contributed by atoms with Gasteiger partial charge in [-0.1, -0.05) is 19.8 Å². The average molecular weight is 169 g/mol. The molecule has 1 radical (unpaired) electrons. The lowest BCUT2D eigenvalue weighted by Crippen LogP contribution is -2.43. The maximum absolute atomic E-state index is 3.94. The lowest BCUT2D eigenvalue weighted by Gasteiger charge is -2.32. The SMILES string of the molecule is [CH2]N1CCN(CCCCC)CC1. The molecule has 0 aliphatic carbocycles. The Morgan fingerprint density at radius 1 is 1.08 bits per heavy atom. The third-order valence-electron chi connectivity index (χ3n) is 2.54. The van der Waals surface area contributed by atoms with Gasteiger partial charge in [0.1, 0.15) is 0 Å². The van der Waals surface area contributed by atoms with Gasteiger partial charge in [-0.25, -0.2) is 0 Å². The van der Waals surface area contributed by atoms with Gasteiger partial charge < -0.3 is 4.90 Å². The van der Waals surface area contributed by atoms with E-state index >= 15 is 0 Å². The van der Waals surface area contributed by atoms with Crippen LogP contribution in [0.1, 0.15) is 26.2 Å². The van der Waals surface area contributed by atoms with Crippen LogP contribution in [0.5, 0.6) is 0 Å². The molecular formula is C10H21N2. The molecule has 0 spiro atoms. The summed E-state index contributed by atoms with van der Waals surface area (Å²) < 4.78 is 0. The Hall–Kier alpha value is -0.0800. The molecule has 1 saturated heterocycles. The summed E-state index contributed by atoms with van der Waals surface area (Å²) in [4.78, 5) is 4.72. The number of nitrogens with zero attached hydrogens (tertiary/aromatic N) is 2. The van der Waals surface area contributed by atoms with Crippen molar-refractivity contribution in [3.05, 3.63) is 7.05 Å². The standard InChI is InChI=1S/C10H21N2/c1-3-4-5-6-12-9-7-11(2)8-10-12/h2-10H2,1H3. The van der Waals surface area contributed by atoms with Crippen LogP contribution in [0.2, 0.25) is 0 Å². The molecule has 0 atom stereocenters. The maximum Gasteiger partial charge on any atom is 0.0110 e. The van der Waals surface area contributed by atoms with E-state index in [4.69, 9.17) is 0 Å². The van der Waals surface area contributed by atoms with Crippen LogP contribution in [-0.4, -0.2) is 42.5 Å². The van der Waals surface area contributed by atoms with Crippen molar-refractivity contribution >= 4 is 0 Å². The zero-order valence-electron chi connectivity index (χ0n) is 8.26. The van der Waals surface area contributed by atoms with Crippen molar-refractivity contribution in [2.45, 2.75) is 26.2 Å². The summed E-state index contributed by atoms with van der Waals surface area (Å²) in [7, 11) is 3.94. The largest absolute Gasteiger partial charge is 0.301 e. The molecule has 0 amide bonds. The van der Waals surface area contributed by atoms with Crippen LogP contribution < -0.4 is 0 Å². The first-order valence-corrected chi connectivity index (χ1v) is 5.10. The van der Waals surface area contributed by atoms with Crippen molar-refractivity contribution in [1.29, 1.82) is 0 Å². The Morgan fingerprint density at radius 2 is 1.75 bits per heavy atom. The zero-order chi connectivity index (χ0) is 8.81. The van der Waals surface area contributed by atoms with E-state index < -0.39 is 0 Å². The minimum absolute atomic E-state index is 1.14. The van der Waals surface area contributed by atoms with Gasteiger partial charge in [-0.2, -0.15) is 0 Å². The molecule has 0 aromatic carbocycles. The lowest BCUT2D eigenvalue weighted by molar-refractivity contribution is 0.164. The van der Waals surface area contributed by atoms with Gasteiger partial charge in [0.25, 0.3) is 0 Å². The Bertz CT molecular complexity index is 106. The van der Waals surface area contributed by atoms with Crippen molar-refractivity contribution in [2.75, 3.05) is 32.7 Å². The van der Waals surface area contributed by atoms with Crippen LogP contribution in [0.4, 0.5) is 0 Å². The fraction of sp³-hybridized carbons (Fsp3) is 0.900. The van der Waals surface area contributed by atoms with Gasteiger partial charge in [-0.05, 0) is 13.0 Å². The summed E-state index contributed by atoms with van der Waals surface area (Å²) in [5, 5.41) is 0. The second kappa shape index (κ2) is 5.55. The van der Waals surface area contributed by atoms with E-state index in [-0.39, 0.29) is 0 Å². The van der Waals surface area contributed by atoms with Crippen molar-refractivity contribution < 1.29 is 0 Å². The van der Waals surface area contributed by atoms with E-state index in [9.17, 15) is 0 Å². The fourth-order valence-electron chi connectivity index (χ4n) is 1.60. The second-order valence-electron chi connectivity index (χ2n) is 3.67. The Balaban J connectivity index is 2.01. The molecule has 2 heteroatoms. The van der Waals surface area contributed by atoms with Gasteiger partial charge in [-0.15, -0.1) is 0 Å². The molecule has 71 valence electrons. The van der Waals surface area contributed by atoms with Crippen molar-refractivity contribution in [3.63, 3.8) is 0 Å². The Kier molecular flexibility index (Phi) is 4.62.